The molecule has 2 heterocycles. The van der Waals surface area contributed by atoms with Crippen LogP contribution in [0, 0.1) is 11.8 Å². The number of carbonyl (C=O) groups excluding carboxylic acids is 1. The maximum Gasteiger partial charge on any atom is 0.231 e. The minimum atomic E-state index is -1.23. The van der Waals surface area contributed by atoms with Gasteiger partial charge in [0.15, 0.2) is 17.3 Å². The minimum absolute atomic E-state index is 0.116. The van der Waals surface area contributed by atoms with Crippen molar-refractivity contribution in [3.05, 3.63) is 94.7 Å². The van der Waals surface area contributed by atoms with Gasteiger partial charge in [0.1, 0.15) is 11.9 Å². The predicted octanol–water partition coefficient (Wildman–Crippen LogP) is 4.67. The number of carbonyl (C=O) groups is 1. The highest BCUT2D eigenvalue weighted by molar-refractivity contribution is 6.00. The molecular formula is C31H28N4O4. The molecule has 3 aromatic carbocycles. The van der Waals surface area contributed by atoms with Gasteiger partial charge in [-0.1, -0.05) is 73.4 Å². The lowest BCUT2D eigenvalue weighted by atomic mass is 9.93. The number of hydrogen-bond acceptors (Lipinski definition) is 8. The summed E-state index contributed by atoms with van der Waals surface area (Å²) in [4.78, 5) is 21.2. The van der Waals surface area contributed by atoms with Crippen LogP contribution in [0.25, 0.3) is 11.1 Å². The highest BCUT2D eigenvalue weighted by Crippen LogP contribution is 2.44. The smallest absolute Gasteiger partial charge is 0.231 e. The van der Waals surface area contributed by atoms with Crippen LogP contribution in [0.2, 0.25) is 0 Å². The largest absolute Gasteiger partial charge is 0.454 e. The molecule has 2 unspecified atom stereocenters. The van der Waals surface area contributed by atoms with Crippen LogP contribution in [0.15, 0.2) is 66.7 Å². The number of benzene rings is 3. The fourth-order valence-corrected chi connectivity index (χ4v) is 4.46. The number of aryl methyl sites for hydroxylation is 1. The van der Waals surface area contributed by atoms with Gasteiger partial charge in [-0.25, -0.2) is 4.98 Å². The lowest BCUT2D eigenvalue weighted by Crippen LogP contribution is -2.12. The van der Waals surface area contributed by atoms with E-state index in [0.717, 1.165) is 16.7 Å². The lowest BCUT2D eigenvalue weighted by Gasteiger charge is -2.13. The van der Waals surface area contributed by atoms with Crippen molar-refractivity contribution in [1.82, 2.24) is 9.97 Å². The van der Waals surface area contributed by atoms with E-state index in [0.29, 0.717) is 40.3 Å². The normalized spacial score (nSPS) is 13.3. The summed E-state index contributed by atoms with van der Waals surface area (Å²) in [5.41, 5.74) is 16.6. The van der Waals surface area contributed by atoms with Crippen LogP contribution in [-0.4, -0.2) is 27.7 Å². The zero-order valence-electron chi connectivity index (χ0n) is 21.6. The number of anilines is 2. The van der Waals surface area contributed by atoms with Crippen LogP contribution in [0.1, 0.15) is 58.6 Å². The van der Waals surface area contributed by atoms with Gasteiger partial charge in [-0.15, -0.1) is 0 Å². The Hall–Kier alpha value is -4.87. The van der Waals surface area contributed by atoms with Crippen molar-refractivity contribution in [2.75, 3.05) is 18.3 Å². The number of ketones is 1. The summed E-state index contributed by atoms with van der Waals surface area (Å²) in [5, 5.41) is 10.5. The molecule has 0 saturated heterocycles. The number of hydrogen-bond donors (Lipinski definition) is 3. The van der Waals surface area contributed by atoms with Crippen LogP contribution in [0.3, 0.4) is 0 Å². The molecule has 8 nitrogen and oxygen atoms in total. The molecule has 196 valence electrons. The van der Waals surface area contributed by atoms with Crippen molar-refractivity contribution >= 4 is 17.5 Å². The van der Waals surface area contributed by atoms with Crippen LogP contribution < -0.4 is 20.9 Å². The van der Waals surface area contributed by atoms with Gasteiger partial charge in [0.25, 0.3) is 0 Å². The highest BCUT2D eigenvalue weighted by atomic mass is 16.7. The van der Waals surface area contributed by atoms with Crippen LogP contribution in [0.5, 0.6) is 11.5 Å². The number of fused-ring (bicyclic) bond motifs is 1. The molecule has 1 aliphatic heterocycles. The van der Waals surface area contributed by atoms with Crippen molar-refractivity contribution in [2.24, 2.45) is 0 Å². The Kier molecular flexibility index (Phi) is 7.17. The van der Waals surface area contributed by atoms with Gasteiger partial charge < -0.3 is 26.0 Å². The Morgan fingerprint density at radius 1 is 1.03 bits per heavy atom. The topological polar surface area (TPSA) is 134 Å². The number of Topliss-reactive ketones (excluding diaryl/α,β-unsaturated/α-hetero) is 1. The summed E-state index contributed by atoms with van der Waals surface area (Å²) < 4.78 is 11.5. The number of rotatable bonds is 6. The minimum Gasteiger partial charge on any atom is -0.454 e. The number of nitrogens with zero attached hydrogens (tertiary/aromatic N) is 2. The molecule has 4 aromatic rings. The molecule has 0 spiro atoms. The second-order valence-corrected chi connectivity index (χ2v) is 9.19. The number of aliphatic hydroxyl groups is 1. The van der Waals surface area contributed by atoms with Crippen molar-refractivity contribution in [2.45, 2.75) is 32.3 Å². The fourth-order valence-electron chi connectivity index (χ4n) is 4.46. The van der Waals surface area contributed by atoms with Crippen LogP contribution >= 0.6 is 0 Å². The molecule has 5 rings (SSSR count). The number of nitrogen functional groups attached to an aromatic ring is 2. The Balaban J connectivity index is 1.45. The molecule has 0 radical (unpaired) electrons. The highest BCUT2D eigenvalue weighted by Gasteiger charge is 2.23. The van der Waals surface area contributed by atoms with Gasteiger partial charge in [-0.3, -0.25) is 4.79 Å². The lowest BCUT2D eigenvalue weighted by molar-refractivity contribution is 0.0747. The molecule has 8 heteroatoms. The molecule has 0 bridgehead atoms. The van der Waals surface area contributed by atoms with E-state index in [2.05, 4.69) is 21.8 Å². The van der Waals surface area contributed by atoms with E-state index < -0.39 is 6.10 Å². The molecule has 2 atom stereocenters. The Bertz CT molecular complexity index is 1590. The van der Waals surface area contributed by atoms with Crippen LogP contribution in [0.4, 0.5) is 11.8 Å². The van der Waals surface area contributed by atoms with Gasteiger partial charge in [0, 0.05) is 17.0 Å². The zero-order valence-corrected chi connectivity index (χ0v) is 21.6. The SMILES string of the molecule is CCc1nc(N)nc(N)c1C#CC(C)c1cc2c(c(-c3ccc(C(=O)C(O)c4ccccc4)cc3)c1)OCO2. The van der Waals surface area contributed by atoms with E-state index in [4.69, 9.17) is 20.9 Å². The van der Waals surface area contributed by atoms with Gasteiger partial charge in [0.05, 0.1) is 11.3 Å². The van der Waals surface area contributed by atoms with Crippen LogP contribution in [-0.2, 0) is 6.42 Å². The third-order valence-electron chi connectivity index (χ3n) is 6.62. The molecule has 0 amide bonds. The number of nitrogens with two attached hydrogens (primary N) is 2. The monoisotopic (exact) mass is 520 g/mol. The molecule has 1 aromatic heterocycles. The Labute approximate surface area is 226 Å². The van der Waals surface area contributed by atoms with Crippen molar-refractivity contribution in [3.63, 3.8) is 0 Å². The number of ether oxygens (including phenoxy) is 2. The second kappa shape index (κ2) is 10.9. The molecular weight excluding hydrogens is 492 g/mol. The molecule has 0 aliphatic carbocycles. The quantitative estimate of drug-likeness (QED) is 0.247. The van der Waals surface area contributed by atoms with Crippen molar-refractivity contribution in [3.8, 4) is 34.5 Å². The second-order valence-electron chi connectivity index (χ2n) is 9.19. The number of aromatic nitrogens is 2. The zero-order chi connectivity index (χ0) is 27.5. The molecule has 0 saturated carbocycles. The van der Waals surface area contributed by atoms with E-state index in [9.17, 15) is 9.90 Å². The maximum atomic E-state index is 12.9. The standard InChI is InChI=1S/C31H28N4O4/c1-3-25-23(30(32)35-31(33)34-25)14-9-18(2)22-15-24(29-26(16-22)38-17-39-29)19-10-12-21(13-11-19)28(37)27(36)20-7-5-4-6-8-20/h4-8,10-13,15-16,18,27,36H,3,17H2,1-2H3,(H4,32,33,34,35). The third kappa shape index (κ3) is 5.26. The van der Waals surface area contributed by atoms with E-state index in [1.165, 1.54) is 0 Å². The first-order chi connectivity index (χ1) is 18.9. The van der Waals surface area contributed by atoms with Crippen molar-refractivity contribution in [1.29, 1.82) is 0 Å². The van der Waals surface area contributed by atoms with E-state index in [1.807, 2.05) is 44.2 Å². The van der Waals surface area contributed by atoms with E-state index >= 15 is 0 Å². The van der Waals surface area contributed by atoms with Gasteiger partial charge in [0.2, 0.25) is 12.7 Å². The van der Waals surface area contributed by atoms with Gasteiger partial charge in [-0.05, 0) is 42.2 Å². The number of aliphatic hydroxyl groups excluding tert-OH is 1. The average Bonchev–Trinajstić information content (AvgIpc) is 3.44. The molecule has 0 fully saturated rings. The first kappa shape index (κ1) is 25.8. The van der Waals surface area contributed by atoms with E-state index in [-0.39, 0.29) is 30.3 Å². The Morgan fingerprint density at radius 2 is 1.77 bits per heavy atom. The van der Waals surface area contributed by atoms with E-state index in [1.54, 1.807) is 36.4 Å². The summed E-state index contributed by atoms with van der Waals surface area (Å²) in [7, 11) is 0. The first-order valence-corrected chi connectivity index (χ1v) is 12.6. The summed E-state index contributed by atoms with van der Waals surface area (Å²) in [6.45, 7) is 4.06. The first-order valence-electron chi connectivity index (χ1n) is 12.6. The Morgan fingerprint density at radius 3 is 2.49 bits per heavy atom. The molecule has 5 N–H and O–H groups in total. The predicted molar refractivity (Wildman–Crippen MR) is 149 cm³/mol. The summed E-state index contributed by atoms with van der Waals surface area (Å²) in [6.07, 6.45) is -0.598. The summed E-state index contributed by atoms with van der Waals surface area (Å²) in [6, 6.07) is 19.9. The fraction of sp³-hybridized carbons (Fsp3) is 0.194. The third-order valence-corrected chi connectivity index (χ3v) is 6.62. The molecule has 1 aliphatic rings. The maximum absolute atomic E-state index is 12.9. The average molecular weight is 521 g/mol. The van der Waals surface area contributed by atoms with Crippen molar-refractivity contribution < 1.29 is 19.4 Å². The van der Waals surface area contributed by atoms with Gasteiger partial charge in [-0.2, -0.15) is 4.98 Å². The van der Waals surface area contributed by atoms with Gasteiger partial charge >= 0.3 is 0 Å². The molecule has 39 heavy (non-hydrogen) atoms. The summed E-state index contributed by atoms with van der Waals surface area (Å²) in [5.74, 6) is 7.49. The summed E-state index contributed by atoms with van der Waals surface area (Å²) >= 11 is 0.